The third-order valence-corrected chi connectivity index (χ3v) is 3.58. The van der Waals surface area contributed by atoms with E-state index in [2.05, 4.69) is 16.4 Å². The van der Waals surface area contributed by atoms with Crippen LogP contribution in [0, 0.1) is 6.92 Å². The van der Waals surface area contributed by atoms with Gasteiger partial charge in [0.15, 0.2) is 0 Å². The van der Waals surface area contributed by atoms with Crippen LogP contribution in [0.25, 0.3) is 0 Å². The van der Waals surface area contributed by atoms with Crippen LogP contribution in [0.3, 0.4) is 0 Å². The van der Waals surface area contributed by atoms with Crippen LogP contribution in [0.15, 0.2) is 36.4 Å². The van der Waals surface area contributed by atoms with E-state index in [4.69, 9.17) is 16.3 Å². The van der Waals surface area contributed by atoms with Crippen molar-refractivity contribution in [1.29, 1.82) is 0 Å². The summed E-state index contributed by atoms with van der Waals surface area (Å²) >= 11 is 5.94. The maximum Gasteiger partial charge on any atom is 0.219 e. The molecule has 0 amide bonds. The summed E-state index contributed by atoms with van der Waals surface area (Å²) in [5.41, 5.74) is 2.22. The maximum absolute atomic E-state index is 5.94. The smallest absolute Gasteiger partial charge is 0.219 e. The molecule has 1 aromatic carbocycles. The first-order chi connectivity index (χ1) is 9.70. The Kier molecular flexibility index (Phi) is 3.90. The average Bonchev–Trinajstić information content (AvgIpc) is 3.22. The highest BCUT2D eigenvalue weighted by Gasteiger charge is 2.20. The number of benzene rings is 1. The van der Waals surface area contributed by atoms with Gasteiger partial charge in [-0.05, 0) is 43.5 Å². The third-order valence-electron chi connectivity index (χ3n) is 3.35. The molecule has 0 saturated heterocycles. The number of hydrogen-bond acceptors (Lipinski definition) is 3. The van der Waals surface area contributed by atoms with Crippen molar-refractivity contribution in [3.63, 3.8) is 0 Å². The molecule has 0 unspecified atom stereocenters. The van der Waals surface area contributed by atoms with Crippen LogP contribution in [-0.2, 0) is 6.54 Å². The van der Waals surface area contributed by atoms with Gasteiger partial charge in [-0.15, -0.1) is 0 Å². The second kappa shape index (κ2) is 5.81. The van der Waals surface area contributed by atoms with Crippen molar-refractivity contribution in [2.45, 2.75) is 32.4 Å². The van der Waals surface area contributed by atoms with Gasteiger partial charge in [0.2, 0.25) is 5.88 Å². The minimum atomic E-state index is 0.597. The molecule has 0 aliphatic heterocycles. The van der Waals surface area contributed by atoms with Crippen molar-refractivity contribution in [2.75, 3.05) is 0 Å². The van der Waals surface area contributed by atoms with Gasteiger partial charge >= 0.3 is 0 Å². The van der Waals surface area contributed by atoms with E-state index in [1.807, 2.05) is 31.2 Å². The highest BCUT2D eigenvalue weighted by molar-refractivity contribution is 6.30. The Morgan fingerprint density at radius 1 is 1.30 bits per heavy atom. The summed E-state index contributed by atoms with van der Waals surface area (Å²) in [5.74, 6) is 1.30. The number of ether oxygens (including phenoxy) is 1. The van der Waals surface area contributed by atoms with Crippen molar-refractivity contribution in [3.8, 4) is 11.6 Å². The molecule has 1 aliphatic carbocycles. The van der Waals surface area contributed by atoms with E-state index in [0.29, 0.717) is 22.7 Å². The summed E-state index contributed by atoms with van der Waals surface area (Å²) in [4.78, 5) is 4.49. The van der Waals surface area contributed by atoms with Gasteiger partial charge in [0, 0.05) is 29.4 Å². The van der Waals surface area contributed by atoms with E-state index in [1.165, 1.54) is 18.4 Å². The molecule has 1 aromatic heterocycles. The minimum Gasteiger partial charge on any atom is -0.439 e. The van der Waals surface area contributed by atoms with Crippen molar-refractivity contribution in [3.05, 3.63) is 52.7 Å². The SMILES string of the molecule is Cc1nc(Oc2cccc(Cl)c2)ccc1CNC1CC1. The van der Waals surface area contributed by atoms with Gasteiger partial charge in [-0.2, -0.15) is 0 Å². The molecule has 0 spiro atoms. The number of aryl methyl sites for hydroxylation is 1. The molecule has 1 saturated carbocycles. The fraction of sp³-hybridized carbons (Fsp3) is 0.312. The van der Waals surface area contributed by atoms with E-state index < -0.39 is 0 Å². The molecule has 0 radical (unpaired) electrons. The highest BCUT2D eigenvalue weighted by atomic mass is 35.5. The number of nitrogens with one attached hydrogen (secondary N) is 1. The Morgan fingerprint density at radius 3 is 2.85 bits per heavy atom. The molecule has 1 heterocycles. The van der Waals surface area contributed by atoms with Gasteiger partial charge in [-0.1, -0.05) is 23.7 Å². The van der Waals surface area contributed by atoms with E-state index in [1.54, 1.807) is 6.07 Å². The van der Waals surface area contributed by atoms with Gasteiger partial charge in [0.05, 0.1) is 0 Å². The molecular formula is C16H17ClN2O. The molecule has 104 valence electrons. The molecule has 20 heavy (non-hydrogen) atoms. The van der Waals surface area contributed by atoms with Crippen LogP contribution in [0.4, 0.5) is 0 Å². The molecule has 3 rings (SSSR count). The normalized spacial score (nSPS) is 14.3. The van der Waals surface area contributed by atoms with E-state index in [9.17, 15) is 0 Å². The Morgan fingerprint density at radius 2 is 2.15 bits per heavy atom. The first kappa shape index (κ1) is 13.4. The number of rotatable bonds is 5. The van der Waals surface area contributed by atoms with Crippen molar-refractivity contribution in [2.24, 2.45) is 0 Å². The van der Waals surface area contributed by atoms with Crippen LogP contribution in [-0.4, -0.2) is 11.0 Å². The first-order valence-corrected chi connectivity index (χ1v) is 7.22. The summed E-state index contributed by atoms with van der Waals surface area (Å²) in [5, 5.41) is 4.15. The lowest BCUT2D eigenvalue weighted by atomic mass is 10.2. The predicted octanol–water partition coefficient (Wildman–Crippen LogP) is 4.09. The topological polar surface area (TPSA) is 34.1 Å². The van der Waals surface area contributed by atoms with Crippen LogP contribution >= 0.6 is 11.6 Å². The quantitative estimate of drug-likeness (QED) is 0.900. The summed E-state index contributed by atoms with van der Waals surface area (Å²) in [6.07, 6.45) is 2.59. The lowest BCUT2D eigenvalue weighted by Gasteiger charge is -2.09. The minimum absolute atomic E-state index is 0.597. The van der Waals surface area contributed by atoms with Crippen LogP contribution in [0.5, 0.6) is 11.6 Å². The summed E-state index contributed by atoms with van der Waals surface area (Å²) < 4.78 is 5.72. The summed E-state index contributed by atoms with van der Waals surface area (Å²) in [7, 11) is 0. The van der Waals surface area contributed by atoms with Crippen LogP contribution in [0.2, 0.25) is 5.02 Å². The largest absolute Gasteiger partial charge is 0.439 e. The third kappa shape index (κ3) is 3.50. The van der Waals surface area contributed by atoms with Crippen molar-refractivity contribution < 1.29 is 4.74 Å². The molecule has 1 aliphatic rings. The zero-order valence-electron chi connectivity index (χ0n) is 11.4. The summed E-state index contributed by atoms with van der Waals surface area (Å²) in [6.45, 7) is 2.88. The zero-order chi connectivity index (χ0) is 13.9. The second-order valence-corrected chi connectivity index (χ2v) is 5.55. The average molecular weight is 289 g/mol. The molecule has 1 fully saturated rings. The molecule has 3 nitrogen and oxygen atoms in total. The second-order valence-electron chi connectivity index (χ2n) is 5.11. The standard InChI is InChI=1S/C16H17ClN2O/c1-11-12(10-18-14-6-7-14)5-8-16(19-11)20-15-4-2-3-13(17)9-15/h2-5,8-9,14,18H,6-7,10H2,1H3. The number of pyridine rings is 1. The highest BCUT2D eigenvalue weighted by Crippen LogP contribution is 2.24. The van der Waals surface area contributed by atoms with Crippen LogP contribution in [0.1, 0.15) is 24.1 Å². The molecule has 0 bridgehead atoms. The van der Waals surface area contributed by atoms with E-state index >= 15 is 0 Å². The number of halogens is 1. The Balaban J connectivity index is 1.69. The van der Waals surface area contributed by atoms with Gasteiger partial charge in [-0.3, -0.25) is 0 Å². The van der Waals surface area contributed by atoms with Gasteiger partial charge in [0.1, 0.15) is 5.75 Å². The van der Waals surface area contributed by atoms with Crippen molar-refractivity contribution in [1.82, 2.24) is 10.3 Å². The lowest BCUT2D eigenvalue weighted by Crippen LogP contribution is -2.16. The fourth-order valence-electron chi connectivity index (χ4n) is 2.00. The van der Waals surface area contributed by atoms with E-state index in [0.717, 1.165) is 12.2 Å². The molecule has 0 atom stereocenters. The fourth-order valence-corrected chi connectivity index (χ4v) is 2.18. The number of aromatic nitrogens is 1. The Hall–Kier alpha value is -1.58. The molecule has 1 N–H and O–H groups in total. The van der Waals surface area contributed by atoms with E-state index in [-0.39, 0.29) is 0 Å². The monoisotopic (exact) mass is 288 g/mol. The van der Waals surface area contributed by atoms with Gasteiger partial charge in [-0.25, -0.2) is 4.98 Å². The number of nitrogens with zero attached hydrogens (tertiary/aromatic N) is 1. The molecule has 2 aromatic rings. The van der Waals surface area contributed by atoms with Gasteiger partial charge in [0.25, 0.3) is 0 Å². The van der Waals surface area contributed by atoms with Crippen molar-refractivity contribution >= 4 is 11.6 Å². The zero-order valence-corrected chi connectivity index (χ0v) is 12.2. The predicted molar refractivity (Wildman–Crippen MR) is 80.4 cm³/mol. The first-order valence-electron chi connectivity index (χ1n) is 6.84. The Bertz CT molecular complexity index is 611. The molecular weight excluding hydrogens is 272 g/mol. The van der Waals surface area contributed by atoms with Gasteiger partial charge < -0.3 is 10.1 Å². The summed E-state index contributed by atoms with van der Waals surface area (Å²) in [6, 6.07) is 12.0. The van der Waals surface area contributed by atoms with Crippen LogP contribution < -0.4 is 10.1 Å². The maximum atomic E-state index is 5.94. The number of hydrogen-bond donors (Lipinski definition) is 1. The lowest BCUT2D eigenvalue weighted by molar-refractivity contribution is 0.461. The Labute approximate surface area is 123 Å². The molecule has 4 heteroatoms.